The van der Waals surface area contributed by atoms with E-state index < -0.39 is 35.5 Å². The van der Waals surface area contributed by atoms with Gasteiger partial charge in [0.2, 0.25) is 0 Å². The minimum atomic E-state index is -4.90. The van der Waals surface area contributed by atoms with Gasteiger partial charge in [-0.1, -0.05) is 12.1 Å². The summed E-state index contributed by atoms with van der Waals surface area (Å²) in [4.78, 5) is 30.3. The maximum atomic E-state index is 14.7. The number of allylic oxidation sites excluding steroid dienone is 1. The van der Waals surface area contributed by atoms with Crippen molar-refractivity contribution >= 4 is 34.2 Å². The average molecular weight is 554 g/mol. The monoisotopic (exact) mass is 553 g/mol. The molecule has 1 aliphatic heterocycles. The van der Waals surface area contributed by atoms with Crippen molar-refractivity contribution in [1.82, 2.24) is 14.8 Å². The Kier molecular flexibility index (Phi) is 6.78. The molecule has 0 aliphatic carbocycles. The highest BCUT2D eigenvalue weighted by Gasteiger charge is 2.38. The average Bonchev–Trinajstić information content (AvgIpc) is 3.31. The van der Waals surface area contributed by atoms with Crippen LogP contribution in [0.5, 0.6) is 0 Å². The van der Waals surface area contributed by atoms with Crippen molar-refractivity contribution in [2.75, 3.05) is 17.2 Å². The largest absolute Gasteiger partial charge is 0.461 e. The van der Waals surface area contributed by atoms with Gasteiger partial charge in [-0.3, -0.25) is 9.78 Å². The Morgan fingerprint density at radius 1 is 1.10 bits per heavy atom. The van der Waals surface area contributed by atoms with Gasteiger partial charge < -0.3 is 15.4 Å². The summed E-state index contributed by atoms with van der Waals surface area (Å²) < 4.78 is 60.8. The van der Waals surface area contributed by atoms with Crippen LogP contribution in [0.4, 0.5) is 29.1 Å². The molecule has 0 spiro atoms. The van der Waals surface area contributed by atoms with Crippen LogP contribution in [0.2, 0.25) is 0 Å². The van der Waals surface area contributed by atoms with E-state index >= 15 is 0 Å². The predicted molar refractivity (Wildman–Crippen MR) is 139 cm³/mol. The van der Waals surface area contributed by atoms with Crippen LogP contribution in [-0.2, 0) is 15.7 Å². The molecule has 3 heterocycles. The van der Waals surface area contributed by atoms with Crippen molar-refractivity contribution in [3.8, 4) is 0 Å². The highest BCUT2D eigenvalue weighted by atomic mass is 19.4. The van der Waals surface area contributed by atoms with Gasteiger partial charge >= 0.3 is 12.1 Å². The van der Waals surface area contributed by atoms with E-state index in [1.165, 1.54) is 10.7 Å². The van der Waals surface area contributed by atoms with Gasteiger partial charge in [0.25, 0.3) is 5.91 Å². The van der Waals surface area contributed by atoms with Crippen LogP contribution >= 0.6 is 0 Å². The number of anilines is 2. The summed E-state index contributed by atoms with van der Waals surface area (Å²) in [6.45, 7) is 5.19. The number of halogens is 4. The van der Waals surface area contributed by atoms with E-state index in [9.17, 15) is 27.2 Å². The fourth-order valence-electron chi connectivity index (χ4n) is 4.70. The van der Waals surface area contributed by atoms with Gasteiger partial charge in [0, 0.05) is 35.2 Å². The molecule has 2 N–H and O–H groups in total. The minimum absolute atomic E-state index is 0.0247. The zero-order valence-corrected chi connectivity index (χ0v) is 21.6. The number of nitrogens with zero attached hydrogens (tertiary/aromatic N) is 3. The third-order valence-electron chi connectivity index (χ3n) is 6.53. The Labute approximate surface area is 225 Å². The van der Waals surface area contributed by atoms with Crippen LogP contribution in [0.1, 0.15) is 47.1 Å². The zero-order valence-electron chi connectivity index (χ0n) is 21.6. The molecule has 12 heteroatoms. The number of pyridine rings is 1. The minimum Gasteiger partial charge on any atom is -0.461 e. The van der Waals surface area contributed by atoms with Crippen molar-refractivity contribution in [3.63, 3.8) is 0 Å². The van der Waals surface area contributed by atoms with E-state index in [1.807, 2.05) is 6.92 Å². The zero-order chi connectivity index (χ0) is 28.8. The van der Waals surface area contributed by atoms with Crippen LogP contribution in [0.3, 0.4) is 0 Å². The van der Waals surface area contributed by atoms with Crippen molar-refractivity contribution < 1.29 is 31.9 Å². The lowest BCUT2D eigenvalue weighted by Gasteiger charge is -2.30. The summed E-state index contributed by atoms with van der Waals surface area (Å²) in [5.41, 5.74) is 0.262. The summed E-state index contributed by atoms with van der Waals surface area (Å²) in [6.07, 6.45) is -1.51. The van der Waals surface area contributed by atoms with E-state index in [1.54, 1.807) is 44.4 Å². The maximum Gasteiger partial charge on any atom is 0.419 e. The SMILES string of the molecule is CCOC(=O)c1cc2n(n1)C(c1ccc(C(F)(F)F)c(F)c1)C(C(=O)Nc1ccc3cncc(C)c3c1)=C(C)N2. The summed E-state index contributed by atoms with van der Waals surface area (Å²) in [5, 5.41) is 11.9. The number of hydrogen-bond donors (Lipinski definition) is 2. The number of hydrogen-bond acceptors (Lipinski definition) is 6. The van der Waals surface area contributed by atoms with Crippen molar-refractivity contribution in [3.05, 3.63) is 94.3 Å². The number of ether oxygens (including phenoxy) is 1. The summed E-state index contributed by atoms with van der Waals surface area (Å²) >= 11 is 0. The van der Waals surface area contributed by atoms with Gasteiger partial charge in [0.15, 0.2) is 5.69 Å². The Hall–Kier alpha value is -4.74. The standard InChI is InChI=1S/C28H23F4N5O3/c1-4-40-27(39)22-11-23-34-15(3)24(26(38)35-18-7-5-17-13-33-12-14(2)19(17)10-18)25(37(23)36-22)16-6-8-20(21(29)9-16)28(30,31)32/h5-13,25,34H,4H2,1-3H3,(H,35,38). The molecule has 5 rings (SSSR count). The Morgan fingerprint density at radius 3 is 2.58 bits per heavy atom. The van der Waals surface area contributed by atoms with Gasteiger partial charge in [-0.25, -0.2) is 13.9 Å². The van der Waals surface area contributed by atoms with Gasteiger partial charge in [-0.05, 0) is 61.5 Å². The third kappa shape index (κ3) is 4.88. The molecule has 1 atom stereocenters. The van der Waals surface area contributed by atoms with E-state index in [-0.39, 0.29) is 29.3 Å². The maximum absolute atomic E-state index is 14.7. The Balaban J connectivity index is 1.59. The summed E-state index contributed by atoms with van der Waals surface area (Å²) in [7, 11) is 0. The first kappa shape index (κ1) is 26.9. The number of nitrogens with one attached hydrogen (secondary N) is 2. The van der Waals surface area contributed by atoms with Gasteiger partial charge in [-0.15, -0.1) is 0 Å². The second kappa shape index (κ2) is 10.1. The molecule has 4 aromatic rings. The molecule has 1 aliphatic rings. The lowest BCUT2D eigenvalue weighted by molar-refractivity contribution is -0.140. The fourth-order valence-corrected chi connectivity index (χ4v) is 4.70. The first-order valence-electron chi connectivity index (χ1n) is 12.2. The Morgan fingerprint density at radius 2 is 1.88 bits per heavy atom. The molecule has 206 valence electrons. The lowest BCUT2D eigenvalue weighted by atomic mass is 9.93. The molecule has 0 saturated heterocycles. The fraction of sp³-hybridized carbons (Fsp3) is 0.214. The highest BCUT2D eigenvalue weighted by molar-refractivity contribution is 6.07. The second-order valence-electron chi connectivity index (χ2n) is 9.23. The van der Waals surface area contributed by atoms with Crippen LogP contribution in [0.15, 0.2) is 66.1 Å². The van der Waals surface area contributed by atoms with Crippen LogP contribution < -0.4 is 10.6 Å². The number of carbonyl (C=O) groups is 2. The van der Waals surface area contributed by atoms with Crippen molar-refractivity contribution in [1.29, 1.82) is 0 Å². The predicted octanol–water partition coefficient (Wildman–Crippen LogP) is 6.00. The number of rotatable bonds is 5. The van der Waals surface area contributed by atoms with Crippen LogP contribution in [-0.4, -0.2) is 33.2 Å². The van der Waals surface area contributed by atoms with E-state index in [4.69, 9.17) is 4.74 Å². The summed E-state index contributed by atoms with van der Waals surface area (Å²) in [6, 6.07) is 7.93. The number of carbonyl (C=O) groups excluding carboxylic acids is 2. The second-order valence-corrected chi connectivity index (χ2v) is 9.23. The van der Waals surface area contributed by atoms with Gasteiger partial charge in [0.1, 0.15) is 17.7 Å². The number of amides is 1. The van der Waals surface area contributed by atoms with Crippen LogP contribution in [0.25, 0.3) is 10.8 Å². The lowest BCUT2D eigenvalue weighted by Crippen LogP contribution is -2.31. The van der Waals surface area contributed by atoms with Gasteiger partial charge in [0.05, 0.1) is 17.7 Å². The number of benzene rings is 2. The van der Waals surface area contributed by atoms with Gasteiger partial charge in [-0.2, -0.15) is 18.3 Å². The van der Waals surface area contributed by atoms with E-state index in [2.05, 4.69) is 20.7 Å². The molecule has 0 bridgehead atoms. The highest BCUT2D eigenvalue weighted by Crippen LogP contribution is 2.39. The normalized spacial score (nSPS) is 15.0. The number of aromatic nitrogens is 3. The number of esters is 1. The number of alkyl halides is 3. The molecule has 8 nitrogen and oxygen atoms in total. The molecular formula is C28H23F4N5O3. The summed E-state index contributed by atoms with van der Waals surface area (Å²) in [5.74, 6) is -2.55. The van der Waals surface area contributed by atoms with E-state index in [0.717, 1.165) is 28.5 Å². The van der Waals surface area contributed by atoms with Crippen molar-refractivity contribution in [2.45, 2.75) is 33.0 Å². The molecule has 0 fully saturated rings. The molecule has 40 heavy (non-hydrogen) atoms. The first-order chi connectivity index (χ1) is 19.0. The first-order valence-corrected chi connectivity index (χ1v) is 12.2. The molecule has 0 radical (unpaired) electrons. The molecule has 0 saturated carbocycles. The number of aryl methyl sites for hydroxylation is 1. The number of fused-ring (bicyclic) bond motifs is 2. The molecule has 1 amide bonds. The van der Waals surface area contributed by atoms with Crippen molar-refractivity contribution in [2.24, 2.45) is 0 Å². The molecule has 1 unspecified atom stereocenters. The third-order valence-corrected chi connectivity index (χ3v) is 6.53. The molecule has 2 aromatic carbocycles. The van der Waals surface area contributed by atoms with E-state index in [0.29, 0.717) is 17.5 Å². The molecular weight excluding hydrogens is 530 g/mol. The molecule has 2 aromatic heterocycles. The topological polar surface area (TPSA) is 98.1 Å². The Bertz CT molecular complexity index is 1690. The van der Waals surface area contributed by atoms with Crippen LogP contribution in [0, 0.1) is 12.7 Å². The smallest absolute Gasteiger partial charge is 0.419 e. The quantitative estimate of drug-likeness (QED) is 0.232.